The number of unbranched alkanes of at least 4 members (excludes halogenated alkanes) is 2. The van der Waals surface area contributed by atoms with Gasteiger partial charge in [-0.3, -0.25) is 0 Å². The zero-order valence-corrected chi connectivity index (χ0v) is 13.6. The van der Waals surface area contributed by atoms with Gasteiger partial charge in [-0.25, -0.2) is 3.63 Å². The molecule has 0 aromatic carbocycles. The van der Waals surface area contributed by atoms with E-state index in [1.165, 1.54) is 38.5 Å². The molecule has 0 aromatic rings. The zero-order valence-electron chi connectivity index (χ0n) is 12.0. The highest BCUT2D eigenvalue weighted by atomic mass is 32.2. The average Bonchev–Trinajstić information content (AvgIpc) is 3.29. The van der Waals surface area contributed by atoms with Crippen molar-refractivity contribution in [2.45, 2.75) is 75.1 Å². The summed E-state index contributed by atoms with van der Waals surface area (Å²) in [5.41, 5.74) is 0. The highest BCUT2D eigenvalue weighted by Gasteiger charge is 2.36. The Kier molecular flexibility index (Phi) is 7.37. The number of hydrogen-bond donors (Lipinski definition) is 0. The molecule has 0 aromatic heterocycles. The quantitative estimate of drug-likeness (QED) is 0.398. The SMILES string of the molecule is CCCCC(SOSC(CCCC)C1CO1)C1CO1. The summed E-state index contributed by atoms with van der Waals surface area (Å²) in [5.74, 6) is 0. The Morgan fingerprint density at radius 3 is 1.68 bits per heavy atom. The van der Waals surface area contributed by atoms with Crippen molar-refractivity contribution in [1.29, 1.82) is 0 Å². The first kappa shape index (κ1) is 16.0. The maximum Gasteiger partial charge on any atom is 0.0950 e. The Bertz CT molecular complexity index is 221. The lowest BCUT2D eigenvalue weighted by Crippen LogP contribution is -2.13. The van der Waals surface area contributed by atoms with Crippen LogP contribution in [-0.4, -0.2) is 35.9 Å². The van der Waals surface area contributed by atoms with E-state index in [2.05, 4.69) is 13.8 Å². The maximum atomic E-state index is 5.83. The van der Waals surface area contributed by atoms with Crippen molar-refractivity contribution in [3.05, 3.63) is 0 Å². The molecular weight excluding hydrogens is 280 g/mol. The van der Waals surface area contributed by atoms with Crippen LogP contribution in [0, 0.1) is 0 Å². The van der Waals surface area contributed by atoms with Gasteiger partial charge in [0.15, 0.2) is 0 Å². The van der Waals surface area contributed by atoms with Gasteiger partial charge in [-0.15, -0.1) is 0 Å². The first-order chi connectivity index (χ1) is 9.35. The van der Waals surface area contributed by atoms with Crippen molar-refractivity contribution in [1.82, 2.24) is 0 Å². The van der Waals surface area contributed by atoms with Crippen LogP contribution in [0.5, 0.6) is 0 Å². The number of hydrogen-bond acceptors (Lipinski definition) is 5. The topological polar surface area (TPSA) is 34.3 Å². The van der Waals surface area contributed by atoms with Crippen LogP contribution in [0.3, 0.4) is 0 Å². The van der Waals surface area contributed by atoms with Crippen LogP contribution < -0.4 is 0 Å². The van der Waals surface area contributed by atoms with Crippen molar-refractivity contribution in [3.63, 3.8) is 0 Å². The summed E-state index contributed by atoms with van der Waals surface area (Å²) in [4.78, 5) is 0. The smallest absolute Gasteiger partial charge is 0.0950 e. The van der Waals surface area contributed by atoms with E-state index in [1.807, 2.05) is 0 Å². The molecule has 2 rings (SSSR count). The molecule has 0 bridgehead atoms. The monoisotopic (exact) mass is 306 g/mol. The Hall–Kier alpha value is 0.580. The standard InChI is InChI=1S/C14H26O3S2/c1-3-5-7-13(11-9-15-11)18-17-19-14(8-6-4-2)12-10-16-12/h11-14H,3-10H2,1-2H3. The van der Waals surface area contributed by atoms with Crippen LogP contribution in [0.25, 0.3) is 0 Å². The molecular formula is C14H26O3S2. The molecule has 4 unspecified atom stereocenters. The summed E-state index contributed by atoms with van der Waals surface area (Å²) in [6.07, 6.45) is 8.27. The molecule has 2 aliphatic rings. The maximum absolute atomic E-state index is 5.83. The molecule has 2 saturated heterocycles. The third-order valence-electron chi connectivity index (χ3n) is 3.56. The second kappa shape index (κ2) is 8.78. The van der Waals surface area contributed by atoms with Crippen molar-refractivity contribution in [3.8, 4) is 0 Å². The summed E-state index contributed by atoms with van der Waals surface area (Å²) in [6.45, 7) is 6.30. The van der Waals surface area contributed by atoms with Gasteiger partial charge in [-0.2, -0.15) is 0 Å². The van der Waals surface area contributed by atoms with Gasteiger partial charge >= 0.3 is 0 Å². The Morgan fingerprint density at radius 2 is 1.37 bits per heavy atom. The highest BCUT2D eigenvalue weighted by Crippen LogP contribution is 2.37. The van der Waals surface area contributed by atoms with Gasteiger partial charge in [0.05, 0.1) is 35.9 Å². The van der Waals surface area contributed by atoms with E-state index in [0.29, 0.717) is 22.7 Å². The summed E-state index contributed by atoms with van der Waals surface area (Å²) < 4.78 is 16.7. The second-order valence-corrected chi connectivity index (χ2v) is 7.51. The Labute approximate surface area is 125 Å². The van der Waals surface area contributed by atoms with Crippen LogP contribution in [-0.2, 0) is 13.1 Å². The Morgan fingerprint density at radius 1 is 0.947 bits per heavy atom. The van der Waals surface area contributed by atoms with Gasteiger partial charge < -0.3 is 9.47 Å². The van der Waals surface area contributed by atoms with Gasteiger partial charge in [0.1, 0.15) is 0 Å². The van der Waals surface area contributed by atoms with E-state index in [0.717, 1.165) is 13.2 Å². The average molecular weight is 306 g/mol. The normalized spacial score (nSPS) is 28.1. The third-order valence-corrected chi connectivity index (χ3v) is 5.76. The molecule has 2 fully saturated rings. The minimum absolute atomic E-state index is 0.434. The fourth-order valence-electron chi connectivity index (χ4n) is 2.07. The van der Waals surface area contributed by atoms with E-state index in [1.54, 1.807) is 24.1 Å². The molecule has 4 atom stereocenters. The predicted molar refractivity (Wildman–Crippen MR) is 82.4 cm³/mol. The van der Waals surface area contributed by atoms with E-state index < -0.39 is 0 Å². The van der Waals surface area contributed by atoms with Crippen molar-refractivity contribution in [2.75, 3.05) is 13.2 Å². The van der Waals surface area contributed by atoms with Crippen molar-refractivity contribution < 1.29 is 13.1 Å². The van der Waals surface area contributed by atoms with Crippen LogP contribution in [0.1, 0.15) is 52.4 Å². The molecule has 112 valence electrons. The molecule has 0 N–H and O–H groups in total. The highest BCUT2D eigenvalue weighted by molar-refractivity contribution is 8.08. The van der Waals surface area contributed by atoms with E-state index in [4.69, 9.17) is 13.1 Å². The Balaban J connectivity index is 1.61. The second-order valence-electron chi connectivity index (χ2n) is 5.37. The summed E-state index contributed by atoms with van der Waals surface area (Å²) in [5, 5.41) is 1.03. The first-order valence-electron chi connectivity index (χ1n) is 7.57. The van der Waals surface area contributed by atoms with Crippen LogP contribution in [0.15, 0.2) is 0 Å². The largest absolute Gasteiger partial charge is 0.372 e. The molecule has 2 heterocycles. The van der Waals surface area contributed by atoms with Gasteiger partial charge in [0.25, 0.3) is 0 Å². The molecule has 3 nitrogen and oxygen atoms in total. The van der Waals surface area contributed by atoms with E-state index in [-0.39, 0.29) is 0 Å². The number of ether oxygens (including phenoxy) is 2. The molecule has 2 aliphatic heterocycles. The molecule has 0 spiro atoms. The lowest BCUT2D eigenvalue weighted by atomic mass is 10.1. The van der Waals surface area contributed by atoms with Crippen LogP contribution >= 0.6 is 24.1 Å². The van der Waals surface area contributed by atoms with Crippen LogP contribution in [0.2, 0.25) is 0 Å². The lowest BCUT2D eigenvalue weighted by Gasteiger charge is -2.15. The summed E-state index contributed by atoms with van der Waals surface area (Å²) in [6, 6.07) is 0. The van der Waals surface area contributed by atoms with E-state index in [9.17, 15) is 0 Å². The minimum Gasteiger partial charge on any atom is -0.372 e. The zero-order chi connectivity index (χ0) is 13.5. The fourth-order valence-corrected chi connectivity index (χ4v) is 4.14. The first-order valence-corrected chi connectivity index (χ1v) is 9.18. The minimum atomic E-state index is 0.434. The van der Waals surface area contributed by atoms with Crippen molar-refractivity contribution >= 4 is 24.1 Å². The summed E-state index contributed by atoms with van der Waals surface area (Å²) >= 11 is 3.24. The number of epoxide rings is 2. The van der Waals surface area contributed by atoms with Crippen LogP contribution in [0.4, 0.5) is 0 Å². The molecule has 0 aliphatic carbocycles. The fraction of sp³-hybridized carbons (Fsp3) is 1.00. The third kappa shape index (κ3) is 6.25. The van der Waals surface area contributed by atoms with Gasteiger partial charge in [-0.1, -0.05) is 39.5 Å². The van der Waals surface area contributed by atoms with Gasteiger partial charge in [-0.05, 0) is 12.8 Å². The predicted octanol–water partition coefficient (Wildman–Crippen LogP) is 4.21. The molecule has 0 radical (unpaired) electrons. The molecule has 0 amide bonds. The lowest BCUT2D eigenvalue weighted by molar-refractivity contribution is 0.389. The molecule has 19 heavy (non-hydrogen) atoms. The van der Waals surface area contributed by atoms with Crippen molar-refractivity contribution in [2.24, 2.45) is 0 Å². The molecule has 0 saturated carbocycles. The van der Waals surface area contributed by atoms with Gasteiger partial charge in [0, 0.05) is 24.1 Å². The molecule has 5 heteroatoms. The van der Waals surface area contributed by atoms with Gasteiger partial charge in [0.2, 0.25) is 0 Å². The van der Waals surface area contributed by atoms with E-state index >= 15 is 0 Å². The number of rotatable bonds is 12. The summed E-state index contributed by atoms with van der Waals surface area (Å²) in [7, 11) is 0.